The first-order chi connectivity index (χ1) is 10.0. The first-order valence-corrected chi connectivity index (χ1v) is 7.19. The smallest absolute Gasteiger partial charge is 0.383 e. The van der Waals surface area contributed by atoms with E-state index in [9.17, 15) is 10.1 Å². The van der Waals surface area contributed by atoms with Crippen LogP contribution >= 0.6 is 0 Å². The second-order valence-electron chi connectivity index (χ2n) is 5.35. The van der Waals surface area contributed by atoms with Crippen LogP contribution < -0.4 is 10.2 Å². The minimum absolute atomic E-state index is 0.0795. The van der Waals surface area contributed by atoms with Crippen LogP contribution in [0.15, 0.2) is 0 Å². The largest absolute Gasteiger partial charge is 0.406 e. The van der Waals surface area contributed by atoms with Crippen molar-refractivity contribution in [3.63, 3.8) is 0 Å². The van der Waals surface area contributed by atoms with E-state index < -0.39 is 4.92 Å². The van der Waals surface area contributed by atoms with Gasteiger partial charge in [0, 0.05) is 40.2 Å². The molecule has 0 saturated carbocycles. The molecule has 1 atom stereocenters. The average Bonchev–Trinajstić information content (AvgIpc) is 3.04. The molecule has 0 aromatic carbocycles. The Bertz CT molecular complexity index is 496. The molecule has 1 aliphatic heterocycles. The lowest BCUT2D eigenvalue weighted by Crippen LogP contribution is -2.40. The van der Waals surface area contributed by atoms with Crippen molar-refractivity contribution >= 4 is 11.6 Å². The van der Waals surface area contributed by atoms with Gasteiger partial charge in [0.15, 0.2) is 0 Å². The molecule has 0 amide bonds. The monoisotopic (exact) mass is 297 g/mol. The molecule has 21 heavy (non-hydrogen) atoms. The van der Waals surface area contributed by atoms with Crippen molar-refractivity contribution in [2.75, 3.05) is 38.3 Å². The van der Waals surface area contributed by atoms with Crippen LogP contribution in [-0.2, 0) is 11.8 Å². The number of nitro groups is 1. The Morgan fingerprint density at radius 2 is 2.38 bits per heavy atom. The first-order valence-electron chi connectivity index (χ1n) is 7.19. The van der Waals surface area contributed by atoms with Gasteiger partial charge >= 0.3 is 5.82 Å². The fourth-order valence-corrected chi connectivity index (χ4v) is 2.72. The molecule has 0 radical (unpaired) electrons. The minimum atomic E-state index is -0.412. The van der Waals surface area contributed by atoms with Gasteiger partial charge < -0.3 is 25.1 Å². The predicted octanol–water partition coefficient (Wildman–Crippen LogP) is 0.842. The van der Waals surface area contributed by atoms with Gasteiger partial charge in [0.25, 0.3) is 0 Å². The summed E-state index contributed by atoms with van der Waals surface area (Å²) in [6.45, 7) is 4.64. The standard InChI is InChI=1S/C13H23N5O3/c1-10-15-12(18(19)20)13(16(10)2)17(7-8-21-3)9-11-5-4-6-14-11/h11,14H,4-9H2,1-3H3. The molecular formula is C13H23N5O3. The van der Waals surface area contributed by atoms with Crippen LogP contribution in [0.1, 0.15) is 18.7 Å². The number of rotatable bonds is 7. The van der Waals surface area contributed by atoms with E-state index >= 15 is 0 Å². The summed E-state index contributed by atoms with van der Waals surface area (Å²) in [4.78, 5) is 16.9. The van der Waals surface area contributed by atoms with E-state index in [1.165, 1.54) is 0 Å². The molecule has 8 nitrogen and oxygen atoms in total. The van der Waals surface area contributed by atoms with Crippen molar-refractivity contribution in [3.05, 3.63) is 15.9 Å². The van der Waals surface area contributed by atoms with Gasteiger partial charge in [-0.05, 0) is 29.3 Å². The Kier molecular flexibility index (Phi) is 5.13. The summed E-state index contributed by atoms with van der Waals surface area (Å²) < 4.78 is 6.92. The van der Waals surface area contributed by atoms with Crippen molar-refractivity contribution in [2.45, 2.75) is 25.8 Å². The first kappa shape index (κ1) is 15.7. The third-order valence-electron chi connectivity index (χ3n) is 3.91. The zero-order valence-electron chi connectivity index (χ0n) is 12.8. The number of imidazole rings is 1. The number of aryl methyl sites for hydroxylation is 1. The summed E-state index contributed by atoms with van der Waals surface area (Å²) >= 11 is 0. The number of ether oxygens (including phenoxy) is 1. The fraction of sp³-hybridized carbons (Fsp3) is 0.769. The van der Waals surface area contributed by atoms with E-state index in [4.69, 9.17) is 4.74 Å². The lowest BCUT2D eigenvalue weighted by Gasteiger charge is -2.26. The molecule has 1 saturated heterocycles. The van der Waals surface area contributed by atoms with Crippen LogP contribution in [0.3, 0.4) is 0 Å². The number of anilines is 1. The fourth-order valence-electron chi connectivity index (χ4n) is 2.72. The molecule has 1 aromatic rings. The van der Waals surface area contributed by atoms with E-state index in [1.54, 1.807) is 18.6 Å². The number of hydrogen-bond donors (Lipinski definition) is 1. The van der Waals surface area contributed by atoms with E-state index in [1.807, 2.05) is 11.9 Å². The van der Waals surface area contributed by atoms with E-state index in [0.717, 1.165) is 25.9 Å². The van der Waals surface area contributed by atoms with Crippen LogP contribution in [0.5, 0.6) is 0 Å². The van der Waals surface area contributed by atoms with E-state index in [0.29, 0.717) is 30.8 Å². The second kappa shape index (κ2) is 6.86. The Morgan fingerprint density at radius 1 is 1.62 bits per heavy atom. The Hall–Kier alpha value is -1.67. The average molecular weight is 297 g/mol. The normalized spacial score (nSPS) is 18.1. The molecular weight excluding hydrogens is 274 g/mol. The van der Waals surface area contributed by atoms with Gasteiger partial charge in [-0.2, -0.15) is 0 Å². The molecule has 1 unspecified atom stereocenters. The van der Waals surface area contributed by atoms with Crippen LogP contribution in [0.4, 0.5) is 11.6 Å². The van der Waals surface area contributed by atoms with E-state index in [-0.39, 0.29) is 5.82 Å². The molecule has 2 heterocycles. The number of nitrogens with one attached hydrogen (secondary N) is 1. The van der Waals surface area contributed by atoms with Gasteiger partial charge in [0.2, 0.25) is 11.6 Å². The molecule has 0 spiro atoms. The van der Waals surface area contributed by atoms with Gasteiger partial charge in [-0.25, -0.2) is 0 Å². The molecule has 2 rings (SSSR count). The number of hydrogen-bond acceptors (Lipinski definition) is 6. The highest BCUT2D eigenvalue weighted by Crippen LogP contribution is 2.28. The number of aromatic nitrogens is 2. The van der Waals surface area contributed by atoms with Crippen LogP contribution in [0, 0.1) is 17.0 Å². The third kappa shape index (κ3) is 3.51. The molecule has 0 bridgehead atoms. The Labute approximate surface area is 124 Å². The highest BCUT2D eigenvalue weighted by molar-refractivity contribution is 5.56. The molecule has 8 heteroatoms. The van der Waals surface area contributed by atoms with Crippen LogP contribution in [0.25, 0.3) is 0 Å². The van der Waals surface area contributed by atoms with Gasteiger partial charge in [-0.15, -0.1) is 0 Å². The summed E-state index contributed by atoms with van der Waals surface area (Å²) in [6.07, 6.45) is 2.24. The third-order valence-corrected chi connectivity index (χ3v) is 3.91. The maximum absolute atomic E-state index is 11.3. The second-order valence-corrected chi connectivity index (χ2v) is 5.35. The van der Waals surface area contributed by atoms with Crippen molar-refractivity contribution < 1.29 is 9.66 Å². The van der Waals surface area contributed by atoms with Gasteiger partial charge in [-0.3, -0.25) is 4.57 Å². The van der Waals surface area contributed by atoms with Crippen molar-refractivity contribution in [1.82, 2.24) is 14.9 Å². The minimum Gasteiger partial charge on any atom is -0.383 e. The summed E-state index contributed by atoms with van der Waals surface area (Å²) in [5, 5.41) is 14.7. The maximum Gasteiger partial charge on any atom is 0.406 e. The topological polar surface area (TPSA) is 85.5 Å². The van der Waals surface area contributed by atoms with Crippen LogP contribution in [0.2, 0.25) is 0 Å². The molecule has 1 aromatic heterocycles. The summed E-state index contributed by atoms with van der Waals surface area (Å²) in [5.74, 6) is 1.12. The van der Waals surface area contributed by atoms with Crippen molar-refractivity contribution in [2.24, 2.45) is 7.05 Å². The number of methoxy groups -OCH3 is 1. The number of nitrogens with zero attached hydrogens (tertiary/aromatic N) is 4. The summed E-state index contributed by atoms with van der Waals surface area (Å²) in [5.41, 5.74) is 0. The van der Waals surface area contributed by atoms with Gasteiger partial charge in [0.1, 0.15) is 0 Å². The lowest BCUT2D eigenvalue weighted by molar-refractivity contribution is -0.388. The Morgan fingerprint density at radius 3 is 2.95 bits per heavy atom. The molecule has 1 fully saturated rings. The molecule has 118 valence electrons. The van der Waals surface area contributed by atoms with E-state index in [2.05, 4.69) is 10.3 Å². The molecule has 1 N–H and O–H groups in total. The Balaban J connectivity index is 2.28. The summed E-state index contributed by atoms with van der Waals surface area (Å²) in [6, 6.07) is 0.358. The molecule has 1 aliphatic rings. The lowest BCUT2D eigenvalue weighted by atomic mass is 10.2. The van der Waals surface area contributed by atoms with Gasteiger partial charge in [-0.1, -0.05) is 0 Å². The predicted molar refractivity (Wildman–Crippen MR) is 79.7 cm³/mol. The molecule has 0 aliphatic carbocycles. The van der Waals surface area contributed by atoms with Gasteiger partial charge in [0.05, 0.1) is 6.61 Å². The summed E-state index contributed by atoms with van der Waals surface area (Å²) in [7, 11) is 3.45. The maximum atomic E-state index is 11.3. The zero-order chi connectivity index (χ0) is 15.4. The SMILES string of the molecule is COCCN(CC1CCCN1)c1c([N+](=O)[O-])nc(C)n1C. The van der Waals surface area contributed by atoms with Crippen LogP contribution in [-0.4, -0.2) is 53.9 Å². The highest BCUT2D eigenvalue weighted by Gasteiger charge is 2.30. The van der Waals surface area contributed by atoms with Crippen molar-refractivity contribution in [1.29, 1.82) is 0 Å². The zero-order valence-corrected chi connectivity index (χ0v) is 12.8. The van der Waals surface area contributed by atoms with Crippen molar-refractivity contribution in [3.8, 4) is 0 Å². The highest BCUT2D eigenvalue weighted by atomic mass is 16.6. The quantitative estimate of drug-likeness (QED) is 0.593.